The minimum Gasteiger partial charge on any atom is -0.378 e. The summed E-state index contributed by atoms with van der Waals surface area (Å²) in [6, 6.07) is 9.97. The molecule has 0 aliphatic carbocycles. The fourth-order valence-electron chi connectivity index (χ4n) is 3.79. The van der Waals surface area contributed by atoms with Crippen molar-refractivity contribution in [3.05, 3.63) is 35.2 Å². The van der Waals surface area contributed by atoms with E-state index >= 15 is 0 Å². The Morgan fingerprint density at radius 3 is 2.59 bits per heavy atom. The number of ether oxygens (including phenoxy) is 1. The molecule has 1 aromatic carbocycles. The Labute approximate surface area is 174 Å². The molecule has 0 spiro atoms. The molecule has 2 amide bonds. The van der Waals surface area contributed by atoms with Gasteiger partial charge in [0.25, 0.3) is 0 Å². The molecule has 1 aromatic heterocycles. The number of morpholine rings is 1. The zero-order chi connectivity index (χ0) is 20.4. The van der Waals surface area contributed by atoms with Gasteiger partial charge in [0.05, 0.1) is 30.7 Å². The summed E-state index contributed by atoms with van der Waals surface area (Å²) >= 11 is 1.57. The van der Waals surface area contributed by atoms with E-state index in [0.29, 0.717) is 32.7 Å². The SMILES string of the molecule is CC1(C(N)=O)CCN(C(=O)Cc2sc(N3CCOCC3)nc2-c2ccccc2)C1. The molecule has 0 radical (unpaired) electrons. The summed E-state index contributed by atoms with van der Waals surface area (Å²) in [4.78, 5) is 34.6. The molecular formula is C21H26N4O3S. The van der Waals surface area contributed by atoms with Crippen molar-refractivity contribution in [1.29, 1.82) is 0 Å². The van der Waals surface area contributed by atoms with Crippen LogP contribution in [-0.4, -0.2) is 61.1 Å². The third kappa shape index (κ3) is 4.13. The van der Waals surface area contributed by atoms with Crippen molar-refractivity contribution < 1.29 is 14.3 Å². The molecule has 0 bridgehead atoms. The van der Waals surface area contributed by atoms with Gasteiger partial charge in [0.2, 0.25) is 11.8 Å². The molecule has 2 fully saturated rings. The number of nitrogens with two attached hydrogens (primary N) is 1. The van der Waals surface area contributed by atoms with Gasteiger partial charge in [-0.2, -0.15) is 0 Å². The standard InChI is InChI=1S/C21H26N4O3S/c1-21(19(22)27)7-8-25(14-21)17(26)13-16-18(15-5-3-2-4-6-15)23-20(29-16)24-9-11-28-12-10-24/h2-6H,7-14H2,1H3,(H2,22,27). The van der Waals surface area contributed by atoms with Crippen LogP contribution < -0.4 is 10.6 Å². The molecule has 154 valence electrons. The number of likely N-dealkylation sites (tertiary alicyclic amines) is 1. The number of thiazole rings is 1. The molecule has 2 aliphatic heterocycles. The number of primary amides is 1. The van der Waals surface area contributed by atoms with Gasteiger partial charge in [-0.05, 0) is 13.3 Å². The topological polar surface area (TPSA) is 88.8 Å². The van der Waals surface area contributed by atoms with E-state index in [9.17, 15) is 9.59 Å². The first-order valence-corrected chi connectivity index (χ1v) is 10.7. The van der Waals surface area contributed by atoms with E-state index in [1.807, 2.05) is 37.3 Å². The van der Waals surface area contributed by atoms with E-state index in [-0.39, 0.29) is 18.2 Å². The number of hydrogen-bond donors (Lipinski definition) is 1. The average molecular weight is 415 g/mol. The Bertz CT molecular complexity index is 895. The molecule has 29 heavy (non-hydrogen) atoms. The smallest absolute Gasteiger partial charge is 0.227 e. The highest BCUT2D eigenvalue weighted by Gasteiger charge is 2.40. The summed E-state index contributed by atoms with van der Waals surface area (Å²) < 4.78 is 5.45. The molecule has 4 rings (SSSR count). The predicted molar refractivity (Wildman–Crippen MR) is 113 cm³/mol. The Morgan fingerprint density at radius 1 is 1.21 bits per heavy atom. The summed E-state index contributed by atoms with van der Waals surface area (Å²) in [5.74, 6) is -0.325. The van der Waals surface area contributed by atoms with Gasteiger partial charge in [0.15, 0.2) is 5.13 Å². The van der Waals surface area contributed by atoms with Crippen LogP contribution >= 0.6 is 11.3 Å². The second-order valence-electron chi connectivity index (χ2n) is 7.90. The summed E-state index contributed by atoms with van der Waals surface area (Å²) in [6.45, 7) is 5.77. The normalized spacial score (nSPS) is 22.1. The van der Waals surface area contributed by atoms with Crippen LogP contribution in [0.1, 0.15) is 18.2 Å². The van der Waals surface area contributed by atoms with Gasteiger partial charge in [-0.15, -0.1) is 11.3 Å². The largest absolute Gasteiger partial charge is 0.378 e. The Balaban J connectivity index is 1.58. The molecule has 7 nitrogen and oxygen atoms in total. The zero-order valence-electron chi connectivity index (χ0n) is 16.6. The fraction of sp³-hybridized carbons (Fsp3) is 0.476. The summed E-state index contributed by atoms with van der Waals surface area (Å²) in [7, 11) is 0. The van der Waals surface area contributed by atoms with Crippen LogP contribution in [0.2, 0.25) is 0 Å². The van der Waals surface area contributed by atoms with Crippen LogP contribution in [0.5, 0.6) is 0 Å². The van der Waals surface area contributed by atoms with Crippen molar-refractivity contribution in [3.8, 4) is 11.3 Å². The predicted octanol–water partition coefficient (Wildman–Crippen LogP) is 1.91. The molecule has 2 aromatic rings. The van der Waals surface area contributed by atoms with Crippen LogP contribution in [-0.2, 0) is 20.7 Å². The van der Waals surface area contributed by atoms with Crippen molar-refractivity contribution in [2.75, 3.05) is 44.3 Å². The van der Waals surface area contributed by atoms with Crippen LogP contribution in [0.25, 0.3) is 11.3 Å². The number of carbonyl (C=O) groups is 2. The van der Waals surface area contributed by atoms with Gasteiger partial charge >= 0.3 is 0 Å². The quantitative estimate of drug-likeness (QED) is 0.807. The first kappa shape index (κ1) is 19.8. The molecule has 2 saturated heterocycles. The second-order valence-corrected chi connectivity index (χ2v) is 8.96. The van der Waals surface area contributed by atoms with Gasteiger partial charge in [-0.25, -0.2) is 4.98 Å². The van der Waals surface area contributed by atoms with E-state index in [4.69, 9.17) is 15.5 Å². The number of anilines is 1. The highest BCUT2D eigenvalue weighted by atomic mass is 32.1. The Kier molecular flexibility index (Phi) is 5.56. The number of nitrogens with zero attached hydrogens (tertiary/aromatic N) is 3. The first-order chi connectivity index (χ1) is 14.0. The fourth-order valence-corrected chi connectivity index (χ4v) is 4.92. The first-order valence-electron chi connectivity index (χ1n) is 9.92. The maximum atomic E-state index is 13.0. The molecule has 2 aliphatic rings. The van der Waals surface area contributed by atoms with Crippen LogP contribution in [0.15, 0.2) is 30.3 Å². The van der Waals surface area contributed by atoms with Crippen molar-refractivity contribution in [2.45, 2.75) is 19.8 Å². The van der Waals surface area contributed by atoms with Gasteiger partial charge in [-0.3, -0.25) is 9.59 Å². The highest BCUT2D eigenvalue weighted by molar-refractivity contribution is 7.16. The van der Waals surface area contributed by atoms with E-state index in [1.54, 1.807) is 16.2 Å². The van der Waals surface area contributed by atoms with Crippen LogP contribution in [0.4, 0.5) is 5.13 Å². The van der Waals surface area contributed by atoms with E-state index in [1.165, 1.54) is 0 Å². The Morgan fingerprint density at radius 2 is 1.93 bits per heavy atom. The maximum absolute atomic E-state index is 13.0. The number of rotatable bonds is 5. The summed E-state index contributed by atoms with van der Waals surface area (Å²) in [6.07, 6.45) is 0.891. The third-order valence-corrected chi connectivity index (χ3v) is 6.86. The zero-order valence-corrected chi connectivity index (χ0v) is 17.4. The number of hydrogen-bond acceptors (Lipinski definition) is 6. The maximum Gasteiger partial charge on any atom is 0.227 e. The van der Waals surface area contributed by atoms with Crippen LogP contribution in [0, 0.1) is 5.41 Å². The summed E-state index contributed by atoms with van der Waals surface area (Å²) in [5.41, 5.74) is 6.77. The average Bonchev–Trinajstić information content (AvgIpc) is 3.34. The van der Waals surface area contributed by atoms with E-state index < -0.39 is 5.41 Å². The lowest BCUT2D eigenvalue weighted by molar-refractivity contribution is -0.131. The van der Waals surface area contributed by atoms with E-state index in [0.717, 1.165) is 34.4 Å². The lowest BCUT2D eigenvalue weighted by Crippen LogP contribution is -2.39. The van der Waals surface area contributed by atoms with Gasteiger partial charge in [-0.1, -0.05) is 30.3 Å². The number of benzene rings is 1. The van der Waals surface area contributed by atoms with Crippen molar-refractivity contribution in [1.82, 2.24) is 9.88 Å². The molecule has 3 heterocycles. The van der Waals surface area contributed by atoms with Crippen molar-refractivity contribution in [2.24, 2.45) is 11.1 Å². The highest BCUT2D eigenvalue weighted by Crippen LogP contribution is 2.35. The summed E-state index contributed by atoms with van der Waals surface area (Å²) in [5, 5.41) is 0.929. The van der Waals surface area contributed by atoms with E-state index in [2.05, 4.69) is 4.90 Å². The number of carbonyl (C=O) groups excluding carboxylic acids is 2. The second kappa shape index (κ2) is 8.12. The van der Waals surface area contributed by atoms with Crippen LogP contribution in [0.3, 0.4) is 0 Å². The minimum atomic E-state index is -0.634. The van der Waals surface area contributed by atoms with Crippen molar-refractivity contribution >= 4 is 28.3 Å². The molecule has 2 N–H and O–H groups in total. The lowest BCUT2D eigenvalue weighted by atomic mass is 9.89. The molecular weight excluding hydrogens is 388 g/mol. The lowest BCUT2D eigenvalue weighted by Gasteiger charge is -2.26. The molecule has 8 heteroatoms. The van der Waals surface area contributed by atoms with Crippen molar-refractivity contribution in [3.63, 3.8) is 0 Å². The minimum absolute atomic E-state index is 0.0179. The molecule has 0 saturated carbocycles. The van der Waals surface area contributed by atoms with Gasteiger partial charge < -0.3 is 20.3 Å². The molecule has 1 atom stereocenters. The number of aromatic nitrogens is 1. The third-order valence-electron chi connectivity index (χ3n) is 5.75. The Hall–Kier alpha value is -2.45. The van der Waals surface area contributed by atoms with Gasteiger partial charge in [0.1, 0.15) is 0 Å². The molecule has 1 unspecified atom stereocenters. The van der Waals surface area contributed by atoms with Gasteiger partial charge in [0, 0.05) is 36.6 Å². The monoisotopic (exact) mass is 414 g/mol. The number of amides is 2.